The third-order valence-corrected chi connectivity index (χ3v) is 2.17. The fourth-order valence-corrected chi connectivity index (χ4v) is 1.40. The molecule has 6 heteroatoms. The minimum absolute atomic E-state index is 0.339. The Morgan fingerprint density at radius 3 is 2.88 bits per heavy atom. The van der Waals surface area contributed by atoms with Gasteiger partial charge in [-0.3, -0.25) is 4.40 Å². The van der Waals surface area contributed by atoms with Gasteiger partial charge in [0.1, 0.15) is 6.61 Å². The molecule has 0 atom stereocenters. The van der Waals surface area contributed by atoms with E-state index in [-0.39, 0.29) is 5.97 Å². The molecule has 0 amide bonds. The summed E-state index contributed by atoms with van der Waals surface area (Å²) < 4.78 is 11.3. The van der Waals surface area contributed by atoms with Gasteiger partial charge in [0.05, 0.1) is 12.7 Å². The Labute approximate surface area is 91.8 Å². The summed E-state index contributed by atoms with van der Waals surface area (Å²) in [5.41, 5.74) is 1.12. The van der Waals surface area contributed by atoms with Crippen molar-refractivity contribution in [3.05, 3.63) is 29.7 Å². The minimum Gasteiger partial charge on any atom is -0.465 e. The highest BCUT2D eigenvalue weighted by molar-refractivity contribution is 5.89. The second-order valence-electron chi connectivity index (χ2n) is 3.19. The summed E-state index contributed by atoms with van der Waals surface area (Å²) in [6, 6.07) is 3.35. The largest absolute Gasteiger partial charge is 0.465 e. The van der Waals surface area contributed by atoms with Crippen molar-refractivity contribution in [1.82, 2.24) is 14.6 Å². The SMILES string of the molecule is COCc1nnc2ccc(C(=O)OC)cn12. The van der Waals surface area contributed by atoms with Gasteiger partial charge in [0.2, 0.25) is 0 Å². The molecule has 2 aromatic heterocycles. The van der Waals surface area contributed by atoms with Crippen LogP contribution in [0.4, 0.5) is 0 Å². The Hall–Kier alpha value is -1.95. The molecule has 2 rings (SSSR count). The second-order valence-corrected chi connectivity index (χ2v) is 3.19. The van der Waals surface area contributed by atoms with Crippen LogP contribution in [0, 0.1) is 0 Å². The van der Waals surface area contributed by atoms with Crippen LogP contribution in [0.3, 0.4) is 0 Å². The summed E-state index contributed by atoms with van der Waals surface area (Å²) in [6.07, 6.45) is 1.63. The molecular weight excluding hydrogens is 210 g/mol. The van der Waals surface area contributed by atoms with Gasteiger partial charge in [-0.25, -0.2) is 4.79 Å². The third-order valence-electron chi connectivity index (χ3n) is 2.17. The van der Waals surface area contributed by atoms with E-state index in [1.54, 1.807) is 29.8 Å². The molecule has 84 valence electrons. The summed E-state index contributed by atoms with van der Waals surface area (Å²) in [7, 11) is 2.92. The van der Waals surface area contributed by atoms with E-state index in [2.05, 4.69) is 14.9 Å². The Bertz CT molecular complexity index is 521. The normalized spacial score (nSPS) is 10.6. The van der Waals surface area contributed by atoms with Crippen LogP contribution in [0.15, 0.2) is 18.3 Å². The summed E-state index contributed by atoms with van der Waals surface area (Å²) in [5.74, 6) is 0.252. The zero-order valence-corrected chi connectivity index (χ0v) is 9.01. The minimum atomic E-state index is -0.390. The molecule has 0 aromatic carbocycles. The molecule has 0 saturated heterocycles. The number of ether oxygens (including phenoxy) is 2. The molecule has 0 aliphatic heterocycles. The Morgan fingerprint density at radius 1 is 1.38 bits per heavy atom. The van der Waals surface area contributed by atoms with Gasteiger partial charge in [0.25, 0.3) is 0 Å². The van der Waals surface area contributed by atoms with Crippen molar-refractivity contribution in [3.8, 4) is 0 Å². The average molecular weight is 221 g/mol. The van der Waals surface area contributed by atoms with Crippen molar-refractivity contribution in [2.75, 3.05) is 14.2 Å². The molecule has 0 aliphatic rings. The zero-order valence-electron chi connectivity index (χ0n) is 9.01. The number of methoxy groups -OCH3 is 2. The molecule has 6 nitrogen and oxygen atoms in total. The molecule has 2 heterocycles. The number of pyridine rings is 1. The molecule has 0 unspecified atom stereocenters. The van der Waals surface area contributed by atoms with E-state index >= 15 is 0 Å². The number of rotatable bonds is 3. The van der Waals surface area contributed by atoms with Crippen LogP contribution in [0.25, 0.3) is 5.65 Å². The maximum absolute atomic E-state index is 11.3. The Morgan fingerprint density at radius 2 is 2.19 bits per heavy atom. The predicted molar refractivity (Wildman–Crippen MR) is 55.0 cm³/mol. The predicted octanol–water partition coefficient (Wildman–Crippen LogP) is 0.662. The highest BCUT2D eigenvalue weighted by Crippen LogP contribution is 2.08. The maximum Gasteiger partial charge on any atom is 0.339 e. The Kier molecular flexibility index (Phi) is 2.82. The summed E-state index contributed by atoms with van der Waals surface area (Å²) in [5, 5.41) is 7.89. The molecule has 0 saturated carbocycles. The number of esters is 1. The zero-order chi connectivity index (χ0) is 11.5. The van der Waals surface area contributed by atoms with E-state index in [9.17, 15) is 4.79 Å². The monoisotopic (exact) mass is 221 g/mol. The second kappa shape index (κ2) is 4.28. The van der Waals surface area contributed by atoms with E-state index in [1.165, 1.54) is 7.11 Å². The summed E-state index contributed by atoms with van der Waals surface area (Å²) in [6.45, 7) is 0.339. The topological polar surface area (TPSA) is 65.7 Å². The average Bonchev–Trinajstić information content (AvgIpc) is 2.71. The number of carbonyl (C=O) groups excluding carboxylic acids is 1. The van der Waals surface area contributed by atoms with Crippen LogP contribution in [0.1, 0.15) is 16.2 Å². The fraction of sp³-hybridized carbons (Fsp3) is 0.300. The van der Waals surface area contributed by atoms with E-state index < -0.39 is 0 Å². The van der Waals surface area contributed by atoms with Gasteiger partial charge in [-0.1, -0.05) is 0 Å². The highest BCUT2D eigenvalue weighted by Gasteiger charge is 2.09. The first-order valence-corrected chi connectivity index (χ1v) is 4.67. The van der Waals surface area contributed by atoms with Gasteiger partial charge in [-0.05, 0) is 12.1 Å². The standard InChI is InChI=1S/C10H11N3O3/c1-15-6-9-12-11-8-4-3-7(5-13(8)9)10(14)16-2/h3-5H,6H2,1-2H3. The van der Waals surface area contributed by atoms with Crippen molar-refractivity contribution in [2.24, 2.45) is 0 Å². The van der Waals surface area contributed by atoms with Crippen LogP contribution < -0.4 is 0 Å². The van der Waals surface area contributed by atoms with E-state index in [1.807, 2.05) is 0 Å². The number of hydrogen-bond acceptors (Lipinski definition) is 5. The first-order valence-electron chi connectivity index (χ1n) is 4.67. The van der Waals surface area contributed by atoms with Crippen molar-refractivity contribution in [1.29, 1.82) is 0 Å². The number of aromatic nitrogens is 3. The van der Waals surface area contributed by atoms with E-state index in [0.717, 1.165) is 0 Å². The molecule has 0 aliphatic carbocycles. The quantitative estimate of drug-likeness (QED) is 0.712. The first kappa shape index (κ1) is 10.6. The van der Waals surface area contributed by atoms with Gasteiger partial charge in [0, 0.05) is 13.3 Å². The van der Waals surface area contributed by atoms with Crippen molar-refractivity contribution in [3.63, 3.8) is 0 Å². The lowest BCUT2D eigenvalue weighted by Crippen LogP contribution is -2.04. The van der Waals surface area contributed by atoms with Crippen LogP contribution in [-0.2, 0) is 16.1 Å². The van der Waals surface area contributed by atoms with E-state index in [0.29, 0.717) is 23.6 Å². The van der Waals surface area contributed by atoms with E-state index in [4.69, 9.17) is 4.74 Å². The van der Waals surface area contributed by atoms with Crippen LogP contribution in [0.5, 0.6) is 0 Å². The lowest BCUT2D eigenvalue weighted by molar-refractivity contribution is 0.0600. The number of carbonyl (C=O) groups is 1. The summed E-state index contributed by atoms with van der Waals surface area (Å²) >= 11 is 0. The fourth-order valence-electron chi connectivity index (χ4n) is 1.40. The van der Waals surface area contributed by atoms with Gasteiger partial charge >= 0.3 is 5.97 Å². The first-order chi connectivity index (χ1) is 7.76. The molecule has 2 aromatic rings. The summed E-state index contributed by atoms with van der Waals surface area (Å²) in [4.78, 5) is 11.3. The number of nitrogens with zero attached hydrogens (tertiary/aromatic N) is 3. The third kappa shape index (κ3) is 1.74. The molecule has 0 bridgehead atoms. The van der Waals surface area contributed by atoms with Gasteiger partial charge in [-0.15, -0.1) is 10.2 Å². The van der Waals surface area contributed by atoms with Crippen molar-refractivity contribution >= 4 is 11.6 Å². The van der Waals surface area contributed by atoms with Gasteiger partial charge < -0.3 is 9.47 Å². The smallest absolute Gasteiger partial charge is 0.339 e. The molecular formula is C10H11N3O3. The number of fused-ring (bicyclic) bond motifs is 1. The molecule has 16 heavy (non-hydrogen) atoms. The molecule has 0 spiro atoms. The highest BCUT2D eigenvalue weighted by atomic mass is 16.5. The molecule has 0 fully saturated rings. The number of hydrogen-bond donors (Lipinski definition) is 0. The lowest BCUT2D eigenvalue weighted by atomic mass is 10.3. The molecule has 0 radical (unpaired) electrons. The van der Waals surface area contributed by atoms with Crippen molar-refractivity contribution in [2.45, 2.75) is 6.61 Å². The Balaban J connectivity index is 2.49. The molecule has 0 N–H and O–H groups in total. The van der Waals surface area contributed by atoms with Crippen LogP contribution in [-0.4, -0.2) is 34.8 Å². The lowest BCUT2D eigenvalue weighted by Gasteiger charge is -2.01. The van der Waals surface area contributed by atoms with Gasteiger partial charge in [0.15, 0.2) is 11.5 Å². The van der Waals surface area contributed by atoms with Crippen LogP contribution >= 0.6 is 0 Å². The van der Waals surface area contributed by atoms with Crippen molar-refractivity contribution < 1.29 is 14.3 Å². The van der Waals surface area contributed by atoms with Crippen LogP contribution in [0.2, 0.25) is 0 Å². The maximum atomic E-state index is 11.3. The van der Waals surface area contributed by atoms with Gasteiger partial charge in [-0.2, -0.15) is 0 Å².